The third-order valence-corrected chi connectivity index (χ3v) is 5.76. The van der Waals surface area contributed by atoms with Crippen molar-refractivity contribution in [2.24, 2.45) is 5.92 Å². The minimum atomic E-state index is -0.765. The van der Waals surface area contributed by atoms with Crippen molar-refractivity contribution in [1.29, 1.82) is 0 Å². The molecule has 1 spiro atoms. The van der Waals surface area contributed by atoms with Crippen LogP contribution in [-0.2, 0) is 28.0 Å². The van der Waals surface area contributed by atoms with Crippen LogP contribution in [0.1, 0.15) is 55.0 Å². The summed E-state index contributed by atoms with van der Waals surface area (Å²) in [7, 11) is 0. The van der Waals surface area contributed by atoms with Crippen molar-refractivity contribution in [1.82, 2.24) is 4.98 Å². The summed E-state index contributed by atoms with van der Waals surface area (Å²) in [6.45, 7) is 5.15. The summed E-state index contributed by atoms with van der Waals surface area (Å²) in [5, 5.41) is 19.8. The number of aliphatic hydroxyl groups excluding tert-OH is 1. The predicted molar refractivity (Wildman–Crippen MR) is 94.9 cm³/mol. The molecule has 25 heavy (non-hydrogen) atoms. The van der Waals surface area contributed by atoms with Crippen molar-refractivity contribution < 1.29 is 19.7 Å². The van der Waals surface area contributed by atoms with Crippen LogP contribution in [0.5, 0.6) is 0 Å². The smallest absolute Gasteiger partial charge is 0.303 e. The molecule has 5 heteroatoms. The van der Waals surface area contributed by atoms with Gasteiger partial charge in [0.1, 0.15) is 5.60 Å². The summed E-state index contributed by atoms with van der Waals surface area (Å²) in [4.78, 5) is 14.6. The van der Waals surface area contributed by atoms with E-state index in [1.165, 1.54) is 16.5 Å². The normalized spacial score (nSPS) is 24.9. The van der Waals surface area contributed by atoms with Crippen LogP contribution in [0.15, 0.2) is 12.1 Å². The van der Waals surface area contributed by atoms with E-state index in [2.05, 4.69) is 31.0 Å². The van der Waals surface area contributed by atoms with Crippen molar-refractivity contribution in [3.05, 3.63) is 34.5 Å². The Bertz CT molecular complexity index is 838. The molecule has 2 aromatic rings. The number of hydrogen-bond donors (Lipinski definition) is 3. The van der Waals surface area contributed by atoms with Gasteiger partial charge in [-0.2, -0.15) is 0 Å². The highest BCUT2D eigenvalue weighted by Gasteiger charge is 2.59. The summed E-state index contributed by atoms with van der Waals surface area (Å²) in [6.07, 6.45) is 2.42. The molecule has 1 aliphatic carbocycles. The van der Waals surface area contributed by atoms with E-state index in [0.717, 1.165) is 29.6 Å². The molecule has 2 heterocycles. The second-order valence-corrected chi connectivity index (χ2v) is 7.71. The van der Waals surface area contributed by atoms with E-state index < -0.39 is 5.97 Å². The lowest BCUT2D eigenvalue weighted by Crippen LogP contribution is -2.25. The first-order chi connectivity index (χ1) is 12.0. The molecule has 2 atom stereocenters. The second kappa shape index (κ2) is 5.85. The fraction of sp³-hybridized carbons (Fsp3) is 0.550. The maximum Gasteiger partial charge on any atom is 0.303 e. The highest BCUT2D eigenvalue weighted by Crippen LogP contribution is 2.58. The van der Waals surface area contributed by atoms with E-state index in [-0.39, 0.29) is 24.5 Å². The minimum absolute atomic E-state index is 0.148. The maximum absolute atomic E-state index is 11.0. The second-order valence-electron chi connectivity index (χ2n) is 7.71. The molecule has 0 amide bonds. The van der Waals surface area contributed by atoms with Gasteiger partial charge in [0.25, 0.3) is 0 Å². The monoisotopic (exact) mass is 343 g/mol. The van der Waals surface area contributed by atoms with Crippen LogP contribution in [0.25, 0.3) is 10.9 Å². The van der Waals surface area contributed by atoms with E-state index in [1.54, 1.807) is 0 Å². The van der Waals surface area contributed by atoms with E-state index in [9.17, 15) is 9.90 Å². The van der Waals surface area contributed by atoms with Crippen LogP contribution in [0.2, 0.25) is 0 Å². The number of rotatable bonds is 5. The number of H-pyrrole nitrogens is 1. The third-order valence-electron chi connectivity index (χ3n) is 5.76. The van der Waals surface area contributed by atoms with Crippen LogP contribution in [0.4, 0.5) is 0 Å². The number of aromatic nitrogens is 1. The largest absolute Gasteiger partial charge is 0.481 e. The van der Waals surface area contributed by atoms with Crippen LogP contribution in [-0.4, -0.2) is 34.4 Å². The Morgan fingerprint density at radius 1 is 1.44 bits per heavy atom. The van der Waals surface area contributed by atoms with Crippen molar-refractivity contribution >= 4 is 16.9 Å². The van der Waals surface area contributed by atoms with Crippen molar-refractivity contribution in [2.45, 2.75) is 51.0 Å². The Labute approximate surface area is 147 Å². The highest BCUT2D eigenvalue weighted by atomic mass is 16.5. The SMILES string of the molecule is CC(C)c1cc(CCC(=O)O)cc2c3c([nH]c12)C1(CC1CO)OCC3. The third kappa shape index (κ3) is 2.57. The minimum Gasteiger partial charge on any atom is -0.481 e. The number of ether oxygens (including phenoxy) is 1. The Hall–Kier alpha value is -1.85. The first-order valence-electron chi connectivity index (χ1n) is 9.10. The molecule has 3 N–H and O–H groups in total. The number of aryl methyl sites for hydroxylation is 1. The zero-order valence-corrected chi connectivity index (χ0v) is 14.8. The first kappa shape index (κ1) is 16.6. The van der Waals surface area contributed by atoms with Gasteiger partial charge in [-0.25, -0.2) is 0 Å². The highest BCUT2D eigenvalue weighted by molar-refractivity contribution is 5.89. The van der Waals surface area contributed by atoms with Gasteiger partial charge in [-0.05, 0) is 47.9 Å². The number of carboxylic acids is 1. The van der Waals surface area contributed by atoms with Crippen LogP contribution in [0.3, 0.4) is 0 Å². The quantitative estimate of drug-likeness (QED) is 0.779. The molecule has 2 aliphatic rings. The molecule has 2 unspecified atom stereocenters. The molecule has 5 nitrogen and oxygen atoms in total. The van der Waals surface area contributed by atoms with Crippen LogP contribution < -0.4 is 0 Å². The van der Waals surface area contributed by atoms with Gasteiger partial charge in [-0.15, -0.1) is 0 Å². The van der Waals surface area contributed by atoms with E-state index in [1.807, 2.05) is 0 Å². The van der Waals surface area contributed by atoms with Crippen LogP contribution in [0, 0.1) is 5.92 Å². The Morgan fingerprint density at radius 3 is 2.88 bits per heavy atom. The maximum atomic E-state index is 11.0. The first-order valence-corrected chi connectivity index (χ1v) is 9.10. The zero-order valence-electron chi connectivity index (χ0n) is 14.8. The van der Waals surface area contributed by atoms with Crippen molar-refractivity contribution in [2.75, 3.05) is 13.2 Å². The number of benzene rings is 1. The zero-order chi connectivity index (χ0) is 17.8. The number of hydrogen-bond acceptors (Lipinski definition) is 3. The predicted octanol–water partition coefficient (Wildman–Crippen LogP) is 3.09. The molecule has 0 radical (unpaired) electrons. The molecule has 4 rings (SSSR count). The number of carbonyl (C=O) groups is 1. The van der Waals surface area contributed by atoms with Gasteiger partial charge in [-0.3, -0.25) is 4.79 Å². The Morgan fingerprint density at radius 2 is 2.24 bits per heavy atom. The van der Waals surface area contributed by atoms with Crippen molar-refractivity contribution in [3.8, 4) is 0 Å². The molecule has 0 saturated heterocycles. The molecule has 1 aromatic carbocycles. The number of aromatic amines is 1. The molecular formula is C20H25NO4. The molecule has 1 aromatic heterocycles. The van der Waals surface area contributed by atoms with E-state index >= 15 is 0 Å². The van der Waals surface area contributed by atoms with Gasteiger partial charge in [-0.1, -0.05) is 19.9 Å². The fourth-order valence-corrected chi connectivity index (χ4v) is 4.32. The summed E-state index contributed by atoms with van der Waals surface area (Å²) in [6, 6.07) is 4.29. The Balaban J connectivity index is 1.85. The van der Waals surface area contributed by atoms with Gasteiger partial charge >= 0.3 is 5.97 Å². The lowest BCUT2D eigenvalue weighted by atomic mass is 9.93. The Kier molecular flexibility index (Phi) is 3.89. The van der Waals surface area contributed by atoms with E-state index in [0.29, 0.717) is 18.9 Å². The lowest BCUT2D eigenvalue weighted by Gasteiger charge is -2.24. The summed E-state index contributed by atoms with van der Waals surface area (Å²) in [5.74, 6) is -0.246. The molecule has 1 fully saturated rings. The topological polar surface area (TPSA) is 82.5 Å². The van der Waals surface area contributed by atoms with Crippen LogP contribution >= 0.6 is 0 Å². The molecule has 1 aliphatic heterocycles. The standard InChI is InChI=1S/C20H25NO4/c1-11(2)15-7-12(3-4-17(23)24)8-16-14-5-6-25-20(9-13(20)10-22)19(14)21-18(15)16/h7-8,11,13,21-22H,3-6,9-10H2,1-2H3,(H,23,24). The number of aliphatic carboxylic acids is 1. The summed E-state index contributed by atoms with van der Waals surface area (Å²) >= 11 is 0. The fourth-order valence-electron chi connectivity index (χ4n) is 4.32. The van der Waals surface area contributed by atoms with E-state index in [4.69, 9.17) is 9.84 Å². The number of carboxylic acid groups (broad SMARTS) is 1. The van der Waals surface area contributed by atoms with Gasteiger partial charge in [0.05, 0.1) is 12.3 Å². The molecular weight excluding hydrogens is 318 g/mol. The summed E-state index contributed by atoms with van der Waals surface area (Å²) in [5.41, 5.74) is 5.53. The average molecular weight is 343 g/mol. The average Bonchev–Trinajstić information content (AvgIpc) is 3.14. The summed E-state index contributed by atoms with van der Waals surface area (Å²) < 4.78 is 6.08. The molecule has 0 bridgehead atoms. The number of nitrogens with one attached hydrogen (secondary N) is 1. The van der Waals surface area contributed by atoms with Gasteiger partial charge in [0.15, 0.2) is 0 Å². The van der Waals surface area contributed by atoms with Gasteiger partial charge < -0.3 is 19.9 Å². The molecule has 134 valence electrons. The van der Waals surface area contributed by atoms with Gasteiger partial charge in [0, 0.05) is 29.8 Å². The number of aliphatic hydroxyl groups is 1. The van der Waals surface area contributed by atoms with Gasteiger partial charge in [0.2, 0.25) is 0 Å². The molecule has 1 saturated carbocycles. The lowest BCUT2D eigenvalue weighted by molar-refractivity contribution is -0.136. The number of fused-ring (bicyclic) bond motifs is 4. The van der Waals surface area contributed by atoms with Crippen molar-refractivity contribution in [3.63, 3.8) is 0 Å².